The van der Waals surface area contributed by atoms with E-state index < -0.39 is 14.5 Å². The van der Waals surface area contributed by atoms with Gasteiger partial charge in [0.15, 0.2) is 0 Å². The molecule has 0 aliphatic carbocycles. The Bertz CT molecular complexity index is 451. The molecule has 15 heavy (non-hydrogen) atoms. The molecular weight excluding hydrogens is 236 g/mol. The Morgan fingerprint density at radius 3 is 2.47 bits per heavy atom. The molecule has 0 saturated carbocycles. The van der Waals surface area contributed by atoms with Crippen LogP contribution in [0.1, 0.15) is 19.4 Å². The number of phenolic OH excluding ortho intramolecular Hbond substituents is 1. The van der Waals surface area contributed by atoms with Crippen molar-refractivity contribution >= 4 is 19.7 Å². The van der Waals surface area contributed by atoms with Gasteiger partial charge in [0.05, 0.1) is 5.75 Å². The van der Waals surface area contributed by atoms with Crippen LogP contribution in [-0.4, -0.2) is 19.3 Å². The first kappa shape index (κ1) is 12.3. The van der Waals surface area contributed by atoms with Gasteiger partial charge in [-0.05, 0) is 17.7 Å². The van der Waals surface area contributed by atoms with Gasteiger partial charge in [0.1, 0.15) is 5.75 Å². The molecule has 0 aliphatic rings. The first-order valence-corrected chi connectivity index (χ1v) is 6.90. The minimum atomic E-state index is -3.55. The van der Waals surface area contributed by atoms with E-state index in [2.05, 4.69) is 0 Å². The molecular formula is C10H13ClO3S. The highest BCUT2D eigenvalue weighted by Crippen LogP contribution is 2.28. The molecule has 5 heteroatoms. The Kier molecular flexibility index (Phi) is 3.31. The van der Waals surface area contributed by atoms with Crippen LogP contribution in [0, 0.1) is 0 Å². The SMILES string of the molecule is CC(C)(CS(=O)(=O)Cl)c1cccc(O)c1. The van der Waals surface area contributed by atoms with Crippen molar-refractivity contribution in [3.8, 4) is 5.75 Å². The molecule has 1 rings (SSSR count). The second-order valence-electron chi connectivity index (χ2n) is 4.12. The fraction of sp³-hybridized carbons (Fsp3) is 0.400. The molecule has 3 nitrogen and oxygen atoms in total. The van der Waals surface area contributed by atoms with Crippen molar-refractivity contribution in [2.75, 3.05) is 5.75 Å². The minimum Gasteiger partial charge on any atom is -0.508 e. The summed E-state index contributed by atoms with van der Waals surface area (Å²) < 4.78 is 22.0. The second kappa shape index (κ2) is 4.02. The van der Waals surface area contributed by atoms with Crippen LogP contribution >= 0.6 is 10.7 Å². The van der Waals surface area contributed by atoms with Crippen LogP contribution in [0.5, 0.6) is 5.75 Å². The van der Waals surface area contributed by atoms with E-state index in [1.165, 1.54) is 6.07 Å². The van der Waals surface area contributed by atoms with E-state index in [0.29, 0.717) is 0 Å². The number of rotatable bonds is 3. The number of aromatic hydroxyl groups is 1. The Hall–Kier alpha value is -0.740. The molecule has 0 bridgehead atoms. The van der Waals surface area contributed by atoms with Crippen LogP contribution in [0.3, 0.4) is 0 Å². The van der Waals surface area contributed by atoms with Gasteiger partial charge in [0.25, 0.3) is 0 Å². The van der Waals surface area contributed by atoms with Crippen LogP contribution in [0.15, 0.2) is 24.3 Å². The number of halogens is 1. The number of hydrogen-bond donors (Lipinski definition) is 1. The van der Waals surface area contributed by atoms with Crippen molar-refractivity contribution in [3.05, 3.63) is 29.8 Å². The van der Waals surface area contributed by atoms with Gasteiger partial charge in [-0.15, -0.1) is 0 Å². The highest BCUT2D eigenvalue weighted by Gasteiger charge is 2.27. The van der Waals surface area contributed by atoms with Gasteiger partial charge in [0.2, 0.25) is 9.05 Å². The molecule has 0 aliphatic heterocycles. The van der Waals surface area contributed by atoms with Crippen LogP contribution in [-0.2, 0) is 14.5 Å². The predicted molar refractivity (Wildman–Crippen MR) is 60.8 cm³/mol. The summed E-state index contributed by atoms with van der Waals surface area (Å²) in [4.78, 5) is 0. The molecule has 0 fully saturated rings. The molecule has 0 radical (unpaired) electrons. The quantitative estimate of drug-likeness (QED) is 0.835. The zero-order valence-corrected chi connectivity index (χ0v) is 10.1. The zero-order valence-electron chi connectivity index (χ0n) is 8.57. The number of benzene rings is 1. The van der Waals surface area contributed by atoms with E-state index in [0.717, 1.165) is 5.56 Å². The fourth-order valence-corrected chi connectivity index (χ4v) is 3.29. The van der Waals surface area contributed by atoms with Crippen molar-refractivity contribution in [1.82, 2.24) is 0 Å². The summed E-state index contributed by atoms with van der Waals surface area (Å²) >= 11 is 0. The van der Waals surface area contributed by atoms with Gasteiger partial charge >= 0.3 is 0 Å². The third-order valence-electron chi connectivity index (χ3n) is 2.16. The molecule has 0 spiro atoms. The largest absolute Gasteiger partial charge is 0.508 e. The summed E-state index contributed by atoms with van der Waals surface area (Å²) in [6, 6.07) is 6.52. The fourth-order valence-electron chi connectivity index (χ4n) is 1.44. The van der Waals surface area contributed by atoms with Crippen molar-refractivity contribution in [2.24, 2.45) is 0 Å². The molecule has 1 aromatic rings. The molecule has 0 atom stereocenters. The smallest absolute Gasteiger partial charge is 0.233 e. The van der Waals surface area contributed by atoms with Gasteiger partial charge in [-0.2, -0.15) is 0 Å². The van der Waals surface area contributed by atoms with E-state index >= 15 is 0 Å². The average molecular weight is 249 g/mol. The van der Waals surface area contributed by atoms with E-state index in [-0.39, 0.29) is 11.5 Å². The highest BCUT2D eigenvalue weighted by molar-refractivity contribution is 8.13. The maximum Gasteiger partial charge on any atom is 0.233 e. The summed E-state index contributed by atoms with van der Waals surface area (Å²) in [5.74, 6) is -0.0436. The molecule has 0 heterocycles. The van der Waals surface area contributed by atoms with Crippen LogP contribution in [0.4, 0.5) is 0 Å². The lowest BCUT2D eigenvalue weighted by molar-refractivity contribution is 0.470. The lowest BCUT2D eigenvalue weighted by atomic mass is 9.87. The number of hydrogen-bond acceptors (Lipinski definition) is 3. The van der Waals surface area contributed by atoms with Crippen molar-refractivity contribution in [1.29, 1.82) is 0 Å². The Morgan fingerprint density at radius 2 is 2.00 bits per heavy atom. The maximum atomic E-state index is 11.0. The topological polar surface area (TPSA) is 54.4 Å². The average Bonchev–Trinajstić information content (AvgIpc) is 1.99. The molecule has 0 unspecified atom stereocenters. The lowest BCUT2D eigenvalue weighted by Gasteiger charge is -2.23. The maximum absolute atomic E-state index is 11.0. The summed E-state index contributed by atoms with van der Waals surface area (Å²) in [6.07, 6.45) is 0. The summed E-state index contributed by atoms with van der Waals surface area (Å²) in [7, 11) is 1.66. The monoisotopic (exact) mass is 248 g/mol. The first-order chi connectivity index (χ1) is 6.71. The third kappa shape index (κ3) is 3.72. The van der Waals surface area contributed by atoms with E-state index in [1.54, 1.807) is 32.0 Å². The lowest BCUT2D eigenvalue weighted by Crippen LogP contribution is -2.25. The minimum absolute atomic E-state index is 0.118. The third-order valence-corrected chi connectivity index (χ3v) is 3.55. The van der Waals surface area contributed by atoms with Crippen molar-refractivity contribution in [3.63, 3.8) is 0 Å². The molecule has 84 valence electrons. The second-order valence-corrected chi connectivity index (χ2v) is 6.89. The first-order valence-electron chi connectivity index (χ1n) is 4.42. The van der Waals surface area contributed by atoms with Crippen molar-refractivity contribution < 1.29 is 13.5 Å². The van der Waals surface area contributed by atoms with Crippen molar-refractivity contribution in [2.45, 2.75) is 19.3 Å². The van der Waals surface area contributed by atoms with Crippen LogP contribution in [0.25, 0.3) is 0 Å². The standard InChI is InChI=1S/C10H13ClO3S/c1-10(2,7-15(11,13)14)8-4-3-5-9(12)6-8/h3-6,12H,7H2,1-2H3. The van der Waals surface area contributed by atoms with Crippen LogP contribution in [0.2, 0.25) is 0 Å². The van der Waals surface area contributed by atoms with Gasteiger partial charge in [0, 0.05) is 16.1 Å². The molecule has 0 amide bonds. The van der Waals surface area contributed by atoms with Crippen LogP contribution < -0.4 is 0 Å². The van der Waals surface area contributed by atoms with Gasteiger partial charge in [-0.3, -0.25) is 0 Å². The highest BCUT2D eigenvalue weighted by atomic mass is 35.7. The van der Waals surface area contributed by atoms with E-state index in [1.807, 2.05) is 0 Å². The van der Waals surface area contributed by atoms with Gasteiger partial charge in [-0.1, -0.05) is 26.0 Å². The van der Waals surface area contributed by atoms with Gasteiger partial charge < -0.3 is 5.11 Å². The number of phenols is 1. The normalized spacial score (nSPS) is 12.7. The zero-order chi connectivity index (χ0) is 11.7. The van der Waals surface area contributed by atoms with E-state index in [9.17, 15) is 13.5 Å². The van der Waals surface area contributed by atoms with E-state index in [4.69, 9.17) is 10.7 Å². The molecule has 0 saturated heterocycles. The molecule has 1 N–H and O–H groups in total. The predicted octanol–water partition coefficient (Wildman–Crippen LogP) is 2.24. The summed E-state index contributed by atoms with van der Waals surface area (Å²) in [5, 5.41) is 9.29. The molecule has 0 aromatic heterocycles. The Morgan fingerprint density at radius 1 is 1.40 bits per heavy atom. The molecule has 1 aromatic carbocycles. The Labute approximate surface area is 94.1 Å². The summed E-state index contributed by atoms with van der Waals surface area (Å²) in [5.41, 5.74) is 0.131. The van der Waals surface area contributed by atoms with Gasteiger partial charge in [-0.25, -0.2) is 8.42 Å². The summed E-state index contributed by atoms with van der Waals surface area (Å²) in [6.45, 7) is 3.53. The Balaban J connectivity index is 3.06.